The van der Waals surface area contributed by atoms with E-state index in [4.69, 9.17) is 14.2 Å². The minimum Gasteiger partial charge on any atom is -0.364 e. The molecular formula is C11H22N6O3. The van der Waals surface area contributed by atoms with E-state index in [2.05, 4.69) is 25.6 Å². The Morgan fingerprint density at radius 1 is 0.900 bits per heavy atom. The third-order valence-corrected chi connectivity index (χ3v) is 2.19. The Labute approximate surface area is 118 Å². The lowest BCUT2D eigenvalue weighted by molar-refractivity contribution is 0.139. The van der Waals surface area contributed by atoms with Crippen molar-refractivity contribution in [1.29, 1.82) is 0 Å². The molecular weight excluding hydrogens is 264 g/mol. The van der Waals surface area contributed by atoms with Crippen LogP contribution < -0.4 is 15.5 Å². The summed E-state index contributed by atoms with van der Waals surface area (Å²) in [5, 5.41) is 5.99. The van der Waals surface area contributed by atoms with Crippen LogP contribution in [-0.2, 0) is 14.2 Å². The van der Waals surface area contributed by atoms with Crippen molar-refractivity contribution in [3.63, 3.8) is 0 Å². The van der Waals surface area contributed by atoms with Crippen molar-refractivity contribution in [2.45, 2.75) is 6.92 Å². The maximum Gasteiger partial charge on any atom is 0.235 e. The predicted molar refractivity (Wildman–Crippen MR) is 75.7 cm³/mol. The van der Waals surface area contributed by atoms with E-state index in [1.165, 1.54) is 0 Å². The molecule has 20 heavy (non-hydrogen) atoms. The van der Waals surface area contributed by atoms with Crippen LogP contribution in [0.5, 0.6) is 0 Å². The average Bonchev–Trinajstić information content (AvgIpc) is 2.45. The van der Waals surface area contributed by atoms with Gasteiger partial charge in [0.15, 0.2) is 0 Å². The van der Waals surface area contributed by atoms with Gasteiger partial charge < -0.3 is 24.8 Å². The molecule has 1 heterocycles. The Balaban J connectivity index is 2.97. The number of ether oxygens (including phenoxy) is 3. The minimum atomic E-state index is 0.309. The summed E-state index contributed by atoms with van der Waals surface area (Å²) in [5.74, 6) is 1.36. The van der Waals surface area contributed by atoms with E-state index in [0.29, 0.717) is 44.6 Å². The van der Waals surface area contributed by atoms with E-state index in [-0.39, 0.29) is 0 Å². The summed E-state index contributed by atoms with van der Waals surface area (Å²) >= 11 is 0. The maximum atomic E-state index is 5.11. The van der Waals surface area contributed by atoms with Crippen LogP contribution in [-0.4, -0.2) is 63.0 Å². The van der Waals surface area contributed by atoms with Crippen LogP contribution in [0.15, 0.2) is 0 Å². The second kappa shape index (κ2) is 9.23. The van der Waals surface area contributed by atoms with E-state index in [0.717, 1.165) is 0 Å². The fourth-order valence-corrected chi connectivity index (χ4v) is 1.42. The molecule has 114 valence electrons. The van der Waals surface area contributed by atoms with E-state index in [1.54, 1.807) is 26.2 Å². The van der Waals surface area contributed by atoms with E-state index in [9.17, 15) is 0 Å². The SMILES string of the molecule is CCNc1nc(NCOC)nc(N(COC)COC)n1. The van der Waals surface area contributed by atoms with Crippen LogP contribution in [0.3, 0.4) is 0 Å². The topological polar surface area (TPSA) is 93.7 Å². The Morgan fingerprint density at radius 3 is 2.00 bits per heavy atom. The molecule has 0 unspecified atom stereocenters. The molecule has 0 aliphatic carbocycles. The summed E-state index contributed by atoms with van der Waals surface area (Å²) in [4.78, 5) is 14.6. The highest BCUT2D eigenvalue weighted by atomic mass is 16.5. The molecule has 0 amide bonds. The number of nitrogens with zero attached hydrogens (tertiary/aromatic N) is 4. The Morgan fingerprint density at radius 2 is 1.50 bits per heavy atom. The Bertz CT molecular complexity index is 386. The lowest BCUT2D eigenvalue weighted by atomic mass is 10.7. The molecule has 0 fully saturated rings. The van der Waals surface area contributed by atoms with Gasteiger partial charge in [0.1, 0.15) is 20.2 Å². The predicted octanol–water partition coefficient (Wildman–Crippen LogP) is 0.333. The molecule has 1 rings (SSSR count). The van der Waals surface area contributed by atoms with Gasteiger partial charge in [-0.15, -0.1) is 0 Å². The number of nitrogens with one attached hydrogen (secondary N) is 2. The Hall–Kier alpha value is -1.71. The zero-order valence-electron chi connectivity index (χ0n) is 12.3. The maximum absolute atomic E-state index is 5.11. The molecule has 9 heteroatoms. The molecule has 9 nitrogen and oxygen atoms in total. The summed E-state index contributed by atoms with van der Waals surface area (Å²) < 4.78 is 15.2. The van der Waals surface area contributed by atoms with Crippen LogP contribution in [0, 0.1) is 0 Å². The zero-order valence-corrected chi connectivity index (χ0v) is 12.3. The summed E-state index contributed by atoms with van der Waals surface area (Å²) in [7, 11) is 4.78. The van der Waals surface area contributed by atoms with Crippen molar-refractivity contribution in [2.24, 2.45) is 0 Å². The lowest BCUT2D eigenvalue weighted by Crippen LogP contribution is -2.30. The van der Waals surface area contributed by atoms with Crippen LogP contribution >= 0.6 is 0 Å². The van der Waals surface area contributed by atoms with Gasteiger partial charge in [-0.1, -0.05) is 0 Å². The van der Waals surface area contributed by atoms with Gasteiger partial charge in [-0.2, -0.15) is 15.0 Å². The van der Waals surface area contributed by atoms with Gasteiger partial charge in [-0.05, 0) is 6.92 Å². The molecule has 0 saturated carbocycles. The fourth-order valence-electron chi connectivity index (χ4n) is 1.42. The van der Waals surface area contributed by atoms with Crippen LogP contribution in [0.1, 0.15) is 6.92 Å². The first-order chi connectivity index (χ1) is 9.74. The van der Waals surface area contributed by atoms with Gasteiger partial charge in [-0.3, -0.25) is 4.90 Å². The largest absolute Gasteiger partial charge is 0.364 e. The number of hydrogen-bond donors (Lipinski definition) is 2. The number of methoxy groups -OCH3 is 3. The van der Waals surface area contributed by atoms with E-state index in [1.807, 2.05) is 6.92 Å². The average molecular weight is 286 g/mol. The van der Waals surface area contributed by atoms with Gasteiger partial charge in [0.05, 0.1) is 0 Å². The number of anilines is 3. The monoisotopic (exact) mass is 286 g/mol. The smallest absolute Gasteiger partial charge is 0.235 e. The second-order valence-corrected chi connectivity index (χ2v) is 3.80. The van der Waals surface area contributed by atoms with E-state index < -0.39 is 0 Å². The highest BCUT2D eigenvalue weighted by molar-refractivity contribution is 5.43. The first kappa shape index (κ1) is 16.3. The molecule has 0 spiro atoms. The van der Waals surface area contributed by atoms with Crippen molar-refractivity contribution >= 4 is 17.8 Å². The molecule has 0 aliphatic heterocycles. The molecule has 1 aromatic heterocycles. The molecule has 0 radical (unpaired) electrons. The molecule has 0 bridgehead atoms. The standard InChI is InChI=1S/C11H22N6O3/c1-5-12-9-14-10(13-6-18-2)16-11(15-9)17(7-19-3)8-20-4/h5-8H2,1-4H3,(H2,12,13,14,15,16). The summed E-state index contributed by atoms with van der Waals surface area (Å²) in [6, 6.07) is 0. The van der Waals surface area contributed by atoms with Gasteiger partial charge in [0.2, 0.25) is 17.8 Å². The summed E-state index contributed by atoms with van der Waals surface area (Å²) in [5.41, 5.74) is 0. The minimum absolute atomic E-state index is 0.309. The Kier molecular flexibility index (Phi) is 7.55. The molecule has 1 aromatic rings. The number of hydrogen-bond acceptors (Lipinski definition) is 9. The van der Waals surface area contributed by atoms with Crippen molar-refractivity contribution in [3.05, 3.63) is 0 Å². The van der Waals surface area contributed by atoms with Crippen molar-refractivity contribution < 1.29 is 14.2 Å². The number of rotatable bonds is 10. The zero-order chi connectivity index (χ0) is 14.8. The fraction of sp³-hybridized carbons (Fsp3) is 0.727. The molecule has 0 saturated heterocycles. The van der Waals surface area contributed by atoms with Crippen molar-refractivity contribution in [2.75, 3.05) is 63.6 Å². The first-order valence-corrected chi connectivity index (χ1v) is 6.20. The highest BCUT2D eigenvalue weighted by Crippen LogP contribution is 2.13. The number of aromatic nitrogens is 3. The van der Waals surface area contributed by atoms with Crippen LogP contribution in [0.25, 0.3) is 0 Å². The first-order valence-electron chi connectivity index (χ1n) is 6.20. The van der Waals surface area contributed by atoms with Gasteiger partial charge in [0, 0.05) is 27.9 Å². The molecule has 0 aromatic carbocycles. The molecule has 2 N–H and O–H groups in total. The quantitative estimate of drug-likeness (QED) is 0.590. The lowest BCUT2D eigenvalue weighted by Gasteiger charge is -2.21. The van der Waals surface area contributed by atoms with Gasteiger partial charge in [-0.25, -0.2) is 0 Å². The van der Waals surface area contributed by atoms with Crippen molar-refractivity contribution in [1.82, 2.24) is 15.0 Å². The molecule has 0 atom stereocenters. The van der Waals surface area contributed by atoms with Crippen molar-refractivity contribution in [3.8, 4) is 0 Å². The summed E-state index contributed by atoms with van der Waals surface area (Å²) in [6.45, 7) is 3.61. The van der Waals surface area contributed by atoms with Crippen LogP contribution in [0.2, 0.25) is 0 Å². The molecule has 0 aliphatic rings. The highest BCUT2D eigenvalue weighted by Gasteiger charge is 2.13. The third kappa shape index (κ3) is 5.11. The third-order valence-electron chi connectivity index (χ3n) is 2.19. The normalized spacial score (nSPS) is 10.4. The second-order valence-electron chi connectivity index (χ2n) is 3.80. The van der Waals surface area contributed by atoms with Crippen LogP contribution in [0.4, 0.5) is 17.8 Å². The van der Waals surface area contributed by atoms with E-state index >= 15 is 0 Å². The van der Waals surface area contributed by atoms with Gasteiger partial charge in [0.25, 0.3) is 0 Å². The summed E-state index contributed by atoms with van der Waals surface area (Å²) in [6.07, 6.45) is 0. The van der Waals surface area contributed by atoms with Gasteiger partial charge >= 0.3 is 0 Å².